The zero-order valence-electron chi connectivity index (χ0n) is 12.2. The van der Waals surface area contributed by atoms with E-state index in [2.05, 4.69) is 0 Å². The molecule has 0 fully saturated rings. The van der Waals surface area contributed by atoms with Gasteiger partial charge in [-0.25, -0.2) is 0 Å². The van der Waals surface area contributed by atoms with Crippen LogP contribution in [0.1, 0.15) is 0 Å². The number of nitrogen functional groups attached to an aromatic ring is 1. The van der Waals surface area contributed by atoms with Crippen molar-refractivity contribution in [3.8, 4) is 17.2 Å². The van der Waals surface area contributed by atoms with E-state index in [1.807, 2.05) is 42.5 Å². The lowest BCUT2D eigenvalue weighted by atomic mass is 10.3. The molecule has 5 heteroatoms. The minimum atomic E-state index is 0.605. The molecule has 2 rings (SSSR count). The predicted octanol–water partition coefficient (Wildman–Crippen LogP) is 3.46. The van der Waals surface area contributed by atoms with Gasteiger partial charge in [0.25, 0.3) is 0 Å². The van der Waals surface area contributed by atoms with Gasteiger partial charge in [0.15, 0.2) is 0 Å². The Morgan fingerprint density at radius 2 is 1.52 bits per heavy atom. The Morgan fingerprint density at radius 1 is 0.905 bits per heavy atom. The monoisotopic (exact) mass is 305 g/mol. The van der Waals surface area contributed by atoms with Gasteiger partial charge in [-0.3, -0.25) is 0 Å². The van der Waals surface area contributed by atoms with Crippen LogP contribution in [-0.4, -0.2) is 26.6 Å². The summed E-state index contributed by atoms with van der Waals surface area (Å²) in [4.78, 5) is 1.01. The van der Waals surface area contributed by atoms with Crippen LogP contribution in [-0.2, 0) is 0 Å². The summed E-state index contributed by atoms with van der Waals surface area (Å²) in [6.07, 6.45) is 0. The number of rotatable bonds is 7. The quantitative estimate of drug-likeness (QED) is 0.482. The van der Waals surface area contributed by atoms with Gasteiger partial charge in [-0.05, 0) is 42.5 Å². The molecule has 0 radical (unpaired) electrons. The van der Waals surface area contributed by atoms with Crippen LogP contribution in [0, 0.1) is 0 Å². The van der Waals surface area contributed by atoms with Crippen molar-refractivity contribution < 1.29 is 14.2 Å². The van der Waals surface area contributed by atoms with Crippen molar-refractivity contribution in [2.75, 3.05) is 32.3 Å². The Kier molecular flexibility index (Phi) is 5.63. The molecule has 0 amide bonds. The third-order valence-electron chi connectivity index (χ3n) is 2.89. The second-order valence-electron chi connectivity index (χ2n) is 4.28. The fraction of sp³-hybridized carbons (Fsp3) is 0.250. The van der Waals surface area contributed by atoms with Crippen molar-refractivity contribution in [1.29, 1.82) is 0 Å². The Balaban J connectivity index is 1.81. The lowest BCUT2D eigenvalue weighted by Gasteiger charge is -2.09. The molecule has 0 heterocycles. The van der Waals surface area contributed by atoms with Crippen molar-refractivity contribution in [2.24, 2.45) is 0 Å². The van der Waals surface area contributed by atoms with E-state index in [9.17, 15) is 0 Å². The Hall–Kier alpha value is -2.01. The highest BCUT2D eigenvalue weighted by molar-refractivity contribution is 7.99. The van der Waals surface area contributed by atoms with Crippen LogP contribution >= 0.6 is 11.8 Å². The van der Waals surface area contributed by atoms with E-state index >= 15 is 0 Å². The number of methoxy groups -OCH3 is 2. The first-order chi connectivity index (χ1) is 10.2. The minimum absolute atomic E-state index is 0.605. The molecule has 0 aliphatic heterocycles. The van der Waals surface area contributed by atoms with Gasteiger partial charge < -0.3 is 19.9 Å². The SMILES string of the molecule is COc1ccc(OCCSc2cc(OC)ccc2N)cc1. The Morgan fingerprint density at radius 3 is 2.19 bits per heavy atom. The van der Waals surface area contributed by atoms with Gasteiger partial charge in [-0.1, -0.05) is 0 Å². The fourth-order valence-corrected chi connectivity index (χ4v) is 2.57. The molecule has 0 saturated heterocycles. The van der Waals surface area contributed by atoms with Crippen LogP contribution < -0.4 is 19.9 Å². The van der Waals surface area contributed by atoms with E-state index in [4.69, 9.17) is 19.9 Å². The standard InChI is InChI=1S/C16H19NO3S/c1-18-12-3-5-13(6-4-12)20-9-10-21-16-11-14(19-2)7-8-15(16)17/h3-8,11H,9-10,17H2,1-2H3. The largest absolute Gasteiger partial charge is 0.497 e. The Bertz CT molecular complexity index is 572. The molecule has 112 valence electrons. The van der Waals surface area contributed by atoms with Crippen molar-refractivity contribution in [2.45, 2.75) is 4.90 Å². The average Bonchev–Trinajstić information content (AvgIpc) is 2.53. The minimum Gasteiger partial charge on any atom is -0.497 e. The number of hydrogen-bond acceptors (Lipinski definition) is 5. The molecule has 21 heavy (non-hydrogen) atoms. The summed E-state index contributed by atoms with van der Waals surface area (Å²) in [6, 6.07) is 13.2. The van der Waals surface area contributed by atoms with E-state index in [-0.39, 0.29) is 0 Å². The molecular weight excluding hydrogens is 286 g/mol. The molecule has 0 atom stereocenters. The van der Waals surface area contributed by atoms with Crippen LogP contribution in [0.3, 0.4) is 0 Å². The molecule has 2 N–H and O–H groups in total. The summed E-state index contributed by atoms with van der Waals surface area (Å²) in [6.45, 7) is 0.605. The van der Waals surface area contributed by atoms with Crippen molar-refractivity contribution in [3.05, 3.63) is 42.5 Å². The van der Waals surface area contributed by atoms with Gasteiger partial charge in [0, 0.05) is 16.3 Å². The summed E-state index contributed by atoms with van der Waals surface area (Å²) in [5, 5.41) is 0. The summed E-state index contributed by atoms with van der Waals surface area (Å²) in [5.74, 6) is 3.27. The number of anilines is 1. The van der Waals surface area contributed by atoms with E-state index < -0.39 is 0 Å². The number of ether oxygens (including phenoxy) is 3. The van der Waals surface area contributed by atoms with Crippen LogP contribution in [0.15, 0.2) is 47.4 Å². The molecule has 2 aromatic carbocycles. The maximum Gasteiger partial charge on any atom is 0.120 e. The van der Waals surface area contributed by atoms with E-state index in [1.165, 1.54) is 0 Å². The third kappa shape index (κ3) is 4.49. The molecule has 0 aliphatic rings. The number of benzene rings is 2. The summed E-state index contributed by atoms with van der Waals surface area (Å²) < 4.78 is 16.0. The van der Waals surface area contributed by atoms with E-state index in [1.54, 1.807) is 26.0 Å². The molecule has 0 aliphatic carbocycles. The molecule has 0 saturated carbocycles. The average molecular weight is 305 g/mol. The van der Waals surface area contributed by atoms with Crippen LogP contribution in [0.5, 0.6) is 17.2 Å². The highest BCUT2D eigenvalue weighted by Crippen LogP contribution is 2.29. The van der Waals surface area contributed by atoms with Crippen molar-refractivity contribution >= 4 is 17.4 Å². The summed E-state index contributed by atoms with van der Waals surface area (Å²) in [5.41, 5.74) is 6.69. The zero-order valence-corrected chi connectivity index (χ0v) is 13.0. The van der Waals surface area contributed by atoms with Crippen LogP contribution in [0.4, 0.5) is 5.69 Å². The molecule has 0 spiro atoms. The normalized spacial score (nSPS) is 10.2. The topological polar surface area (TPSA) is 53.7 Å². The van der Waals surface area contributed by atoms with Gasteiger partial charge in [-0.2, -0.15) is 0 Å². The van der Waals surface area contributed by atoms with Gasteiger partial charge in [0.05, 0.1) is 20.8 Å². The summed E-state index contributed by atoms with van der Waals surface area (Å²) >= 11 is 1.65. The summed E-state index contributed by atoms with van der Waals surface area (Å²) in [7, 11) is 3.29. The maximum absolute atomic E-state index is 5.94. The van der Waals surface area contributed by atoms with E-state index in [0.717, 1.165) is 33.6 Å². The molecule has 0 aromatic heterocycles. The fourth-order valence-electron chi connectivity index (χ4n) is 1.75. The van der Waals surface area contributed by atoms with E-state index in [0.29, 0.717) is 6.61 Å². The maximum atomic E-state index is 5.94. The molecule has 2 aromatic rings. The number of hydrogen-bond donors (Lipinski definition) is 1. The smallest absolute Gasteiger partial charge is 0.120 e. The highest BCUT2D eigenvalue weighted by atomic mass is 32.2. The first-order valence-corrected chi connectivity index (χ1v) is 7.54. The van der Waals surface area contributed by atoms with Gasteiger partial charge in [-0.15, -0.1) is 11.8 Å². The first-order valence-electron chi connectivity index (χ1n) is 6.56. The van der Waals surface area contributed by atoms with Crippen molar-refractivity contribution in [3.63, 3.8) is 0 Å². The second kappa shape index (κ2) is 7.69. The lowest BCUT2D eigenvalue weighted by Crippen LogP contribution is -2.00. The second-order valence-corrected chi connectivity index (χ2v) is 5.41. The molecule has 0 bridgehead atoms. The zero-order chi connectivity index (χ0) is 15.1. The molecule has 0 unspecified atom stereocenters. The van der Waals surface area contributed by atoms with Crippen LogP contribution in [0.2, 0.25) is 0 Å². The molecule has 4 nitrogen and oxygen atoms in total. The first kappa shape index (κ1) is 15.4. The van der Waals surface area contributed by atoms with Crippen molar-refractivity contribution in [1.82, 2.24) is 0 Å². The Labute approximate surface area is 129 Å². The van der Waals surface area contributed by atoms with Gasteiger partial charge in [0.2, 0.25) is 0 Å². The van der Waals surface area contributed by atoms with Gasteiger partial charge >= 0.3 is 0 Å². The third-order valence-corrected chi connectivity index (χ3v) is 3.93. The predicted molar refractivity (Wildman–Crippen MR) is 86.6 cm³/mol. The lowest BCUT2D eigenvalue weighted by molar-refractivity contribution is 0.342. The molecular formula is C16H19NO3S. The number of nitrogens with two attached hydrogens (primary N) is 1. The van der Waals surface area contributed by atoms with Gasteiger partial charge in [0.1, 0.15) is 17.2 Å². The van der Waals surface area contributed by atoms with Crippen LogP contribution in [0.25, 0.3) is 0 Å². The number of thioether (sulfide) groups is 1. The highest BCUT2D eigenvalue weighted by Gasteiger charge is 2.03.